The van der Waals surface area contributed by atoms with Gasteiger partial charge in [0.2, 0.25) is 11.8 Å². The minimum atomic E-state index is 0.00421. The zero-order valence-corrected chi connectivity index (χ0v) is 46.0. The summed E-state index contributed by atoms with van der Waals surface area (Å²) >= 11 is 0. The number of fused-ring (bicyclic) bond motifs is 4. The Hall–Kier alpha value is -10.1. The van der Waals surface area contributed by atoms with Gasteiger partial charge >= 0.3 is 0 Å². The van der Waals surface area contributed by atoms with Crippen LogP contribution < -0.4 is 32.7 Å². The molecule has 22 nitrogen and oxygen atoms in total. The first kappa shape index (κ1) is 53.6. The van der Waals surface area contributed by atoms with Gasteiger partial charge in [0, 0.05) is 101 Å². The number of piperidine rings is 2. The van der Waals surface area contributed by atoms with Crippen LogP contribution in [0.15, 0.2) is 165 Å². The molecular weight excluding hydrogens is 1040 g/mol. The molecule has 420 valence electrons. The highest BCUT2D eigenvalue weighted by Gasteiger charge is 2.31. The third-order valence-electron chi connectivity index (χ3n) is 15.8. The lowest BCUT2D eigenvalue weighted by molar-refractivity contribution is -0.127. The Balaban J connectivity index is 0.000000164. The smallest absolute Gasteiger partial charge is 0.245 e. The average Bonchev–Trinajstić information content (AvgIpc) is 4.54. The van der Waals surface area contributed by atoms with E-state index in [9.17, 15) is 9.59 Å². The van der Waals surface area contributed by atoms with Crippen LogP contribution in [0.4, 0.5) is 17.2 Å². The van der Waals surface area contributed by atoms with Gasteiger partial charge < -0.3 is 42.5 Å². The summed E-state index contributed by atoms with van der Waals surface area (Å²) in [5.41, 5.74) is 23.2. The van der Waals surface area contributed by atoms with Crippen molar-refractivity contribution < 1.29 is 9.59 Å². The van der Waals surface area contributed by atoms with Crippen LogP contribution in [0.1, 0.15) is 54.7 Å². The Morgan fingerprint density at radius 1 is 0.663 bits per heavy atom. The van der Waals surface area contributed by atoms with E-state index in [-0.39, 0.29) is 23.9 Å². The van der Waals surface area contributed by atoms with E-state index in [0.717, 1.165) is 98.8 Å². The number of carbonyl (C=O) groups excluding carboxylic acids is 2. The third-order valence-corrected chi connectivity index (χ3v) is 15.8. The number of aromatic nitrogens is 11. The van der Waals surface area contributed by atoms with E-state index < -0.39 is 0 Å². The van der Waals surface area contributed by atoms with Crippen molar-refractivity contribution in [3.63, 3.8) is 0 Å². The molecule has 13 rings (SSSR count). The van der Waals surface area contributed by atoms with E-state index >= 15 is 0 Å². The average molecular weight is 1110 g/mol. The molecule has 83 heavy (non-hydrogen) atoms. The van der Waals surface area contributed by atoms with Crippen LogP contribution in [0.25, 0.3) is 62.3 Å². The second-order valence-electron chi connectivity index (χ2n) is 20.7. The van der Waals surface area contributed by atoms with Crippen LogP contribution in [0.3, 0.4) is 0 Å². The molecule has 0 radical (unpaired) electrons. The third kappa shape index (κ3) is 10.6. The first-order valence-corrected chi connectivity index (χ1v) is 27.8. The van der Waals surface area contributed by atoms with E-state index in [1.807, 2.05) is 85.9 Å². The van der Waals surface area contributed by atoms with Crippen LogP contribution in [0.2, 0.25) is 0 Å². The largest absolute Gasteiger partial charge is 0.383 e. The molecule has 0 spiro atoms. The Morgan fingerprint density at radius 3 is 1.69 bits per heavy atom. The molecule has 2 fully saturated rings. The fraction of sp³-hybridized carbons (Fsp3) is 0.246. The number of amides is 2. The number of benzene rings is 2. The highest BCUT2D eigenvalue weighted by molar-refractivity contribution is 6.21. The summed E-state index contributed by atoms with van der Waals surface area (Å²) in [6.45, 7) is 15.6. The van der Waals surface area contributed by atoms with Crippen molar-refractivity contribution in [2.45, 2.75) is 49.9 Å². The number of carbonyl (C=O) groups is 2. The second-order valence-corrected chi connectivity index (χ2v) is 20.7. The molecule has 0 saturated carbocycles. The molecule has 4 aliphatic rings. The van der Waals surface area contributed by atoms with Gasteiger partial charge in [0.05, 0.1) is 34.6 Å². The van der Waals surface area contributed by atoms with E-state index in [1.54, 1.807) is 41.1 Å². The van der Waals surface area contributed by atoms with Gasteiger partial charge in [-0.3, -0.25) is 23.7 Å². The number of nitrogens with zero attached hydrogens (tertiary/aromatic N) is 14. The van der Waals surface area contributed by atoms with E-state index in [1.165, 1.54) is 23.3 Å². The van der Waals surface area contributed by atoms with Crippen LogP contribution in [0, 0.1) is 0 Å². The number of hydrogen-bond donors (Lipinski definition) is 6. The fourth-order valence-electron chi connectivity index (χ4n) is 11.5. The maximum atomic E-state index is 12.0. The van der Waals surface area contributed by atoms with E-state index in [0.29, 0.717) is 69.4 Å². The van der Waals surface area contributed by atoms with E-state index in [4.69, 9.17) is 31.4 Å². The highest BCUT2D eigenvalue weighted by atomic mass is 16.2. The topological polar surface area (TPSA) is 263 Å². The summed E-state index contributed by atoms with van der Waals surface area (Å²) in [6, 6.07) is 29.0. The van der Waals surface area contributed by atoms with Crippen molar-refractivity contribution in [1.29, 1.82) is 0 Å². The first-order chi connectivity index (χ1) is 40.6. The Bertz CT molecular complexity index is 3970. The number of pyridine rings is 3. The highest BCUT2D eigenvalue weighted by Crippen LogP contribution is 2.38. The van der Waals surface area contributed by atoms with Gasteiger partial charge in [-0.25, -0.2) is 34.3 Å². The van der Waals surface area contributed by atoms with Crippen molar-refractivity contribution in [1.82, 2.24) is 74.0 Å². The summed E-state index contributed by atoms with van der Waals surface area (Å²) in [5, 5.41) is 23.5. The number of anilines is 3. The maximum Gasteiger partial charge on any atom is 0.245 e. The molecule has 0 bridgehead atoms. The number of nitrogen functional groups attached to an aromatic ring is 1. The Kier molecular flexibility index (Phi) is 15.0. The van der Waals surface area contributed by atoms with Crippen molar-refractivity contribution in [2.75, 3.05) is 62.7 Å². The molecular formula is C61H64N20O2. The zero-order chi connectivity index (χ0) is 57.1. The quantitative estimate of drug-likeness (QED) is 0.0281. The van der Waals surface area contributed by atoms with Crippen molar-refractivity contribution in [3.8, 4) is 34.4 Å². The molecule has 2 aromatic carbocycles. The number of rotatable bonds is 14. The zero-order valence-electron chi connectivity index (χ0n) is 46.0. The number of hydrogen-bond acceptors (Lipinski definition) is 15. The number of imidazole rings is 2. The van der Waals surface area contributed by atoms with Gasteiger partial charge in [-0.2, -0.15) is 10.2 Å². The first-order valence-electron chi connectivity index (χ1n) is 27.8. The molecule has 22 heteroatoms. The van der Waals surface area contributed by atoms with Gasteiger partial charge in [-0.15, -0.1) is 0 Å². The molecule has 11 heterocycles. The lowest BCUT2D eigenvalue weighted by Crippen LogP contribution is -2.45. The number of nitrogens with one attached hydrogen (secondary N) is 4. The SMILES string of the molecule is C=C/C=C(\C(N)=NC)c1nc2ccc(-n3cccn3)nc2n1-c1ccc2c(c1)NCC2NC1CCN(C(=O)C=C)CC1.C=CC(=O)N1CCC(NC2CNc3cc(-n4c(-c5cccnc5N)nc5ccc(-n6cccn6)nc54)ccc32)CC1. The maximum absolute atomic E-state index is 12.0. The van der Waals surface area contributed by atoms with Gasteiger partial charge in [-0.05, 0) is 128 Å². The van der Waals surface area contributed by atoms with Crippen molar-refractivity contribution in [3.05, 3.63) is 177 Å². The summed E-state index contributed by atoms with van der Waals surface area (Å²) in [7, 11) is 1.65. The monoisotopic (exact) mass is 1110 g/mol. The predicted molar refractivity (Wildman–Crippen MR) is 324 cm³/mol. The van der Waals surface area contributed by atoms with Gasteiger partial charge in [0.25, 0.3) is 0 Å². The molecule has 4 aliphatic heterocycles. The number of nitrogens with two attached hydrogens (primary N) is 2. The predicted octanol–water partition coefficient (Wildman–Crippen LogP) is 6.88. The Morgan fingerprint density at radius 2 is 1.19 bits per heavy atom. The Labute approximate surface area is 479 Å². The summed E-state index contributed by atoms with van der Waals surface area (Å²) in [5.74, 6) is 3.42. The molecule has 2 atom stereocenters. The van der Waals surface area contributed by atoms with Gasteiger partial charge in [-0.1, -0.05) is 37.9 Å². The van der Waals surface area contributed by atoms with Crippen LogP contribution >= 0.6 is 0 Å². The molecule has 2 saturated heterocycles. The molecule has 0 aliphatic carbocycles. The molecule has 7 aromatic heterocycles. The van der Waals surface area contributed by atoms with Crippen LogP contribution in [-0.2, 0) is 9.59 Å². The number of allylic oxidation sites excluding steroid dienone is 2. The molecule has 8 N–H and O–H groups in total. The minimum absolute atomic E-state index is 0.00421. The lowest BCUT2D eigenvalue weighted by atomic mass is 10.0. The normalized spacial score (nSPS) is 17.4. The number of aliphatic imine (C=N–C) groups is 1. The van der Waals surface area contributed by atoms with Crippen molar-refractivity contribution >= 4 is 62.7 Å². The fourth-order valence-corrected chi connectivity index (χ4v) is 11.5. The summed E-state index contributed by atoms with van der Waals surface area (Å²) < 4.78 is 7.49. The van der Waals surface area contributed by atoms with Crippen molar-refractivity contribution in [2.24, 2.45) is 10.7 Å². The number of amidine groups is 1. The van der Waals surface area contributed by atoms with Gasteiger partial charge in [0.15, 0.2) is 34.6 Å². The molecule has 9 aromatic rings. The lowest BCUT2D eigenvalue weighted by Gasteiger charge is -2.33. The minimum Gasteiger partial charge on any atom is -0.383 e. The van der Waals surface area contributed by atoms with Gasteiger partial charge in [0.1, 0.15) is 22.7 Å². The molecule has 2 unspecified atom stereocenters. The van der Waals surface area contributed by atoms with Crippen LogP contribution in [0.5, 0.6) is 0 Å². The number of likely N-dealkylation sites (tertiary alicyclic amines) is 2. The van der Waals surface area contributed by atoms with E-state index in [2.05, 4.69) is 97.6 Å². The standard InChI is InChI=1S/C31H34N10O.C30H30N10O/c1-4-7-23(29(32)33-3)30-37-24-10-11-27(40-15-6-14-35-40)38-31(24)41(30)21-8-9-22-25(18-21)34-19-26(22)36-20-12-16-39(17-13-20)28(42)5-2;1-2-27(41)38-15-10-19(11-16-38)35-25-18-33-24-17-20(6-7-21(24)25)40-29(22-5-3-12-32-28(22)31)36-23-8-9-26(37-30(23)40)39-14-4-13-34-39/h4-11,14-15,18,20,26,34,36H,1-2,12-13,16-17,19H2,3H3,(H2,32,33);2-9,12-14,17,19,25,33,35H,1,10-11,15-16,18H2,(H2,31,32)/b23-7+;. The summed E-state index contributed by atoms with van der Waals surface area (Å²) in [4.78, 5) is 56.0. The summed E-state index contributed by atoms with van der Waals surface area (Å²) in [6.07, 6.45) is 18.8. The molecule has 2 amide bonds. The second kappa shape index (κ2) is 23.2. The van der Waals surface area contributed by atoms with Crippen LogP contribution in [-0.4, -0.2) is 139 Å².